The molecule has 0 aliphatic heterocycles. The summed E-state index contributed by atoms with van der Waals surface area (Å²) in [5.74, 6) is 1.11. The standard InChI is InChI=1S/C11H19N3O/c1-4-15-10(8(2)3)11-13-6-9(5-12)7-14-11/h6-8,10H,4-5,12H2,1-3H3. The molecule has 4 heteroatoms. The van der Waals surface area contributed by atoms with Crippen molar-refractivity contribution < 1.29 is 4.74 Å². The van der Waals surface area contributed by atoms with Crippen molar-refractivity contribution in [2.75, 3.05) is 6.61 Å². The maximum Gasteiger partial charge on any atom is 0.157 e. The summed E-state index contributed by atoms with van der Waals surface area (Å²) in [6.45, 7) is 7.32. The molecule has 4 nitrogen and oxygen atoms in total. The van der Waals surface area contributed by atoms with E-state index in [4.69, 9.17) is 10.5 Å². The van der Waals surface area contributed by atoms with Gasteiger partial charge in [-0.05, 0) is 12.8 Å². The minimum absolute atomic E-state index is 0.0261. The first kappa shape index (κ1) is 12.1. The molecule has 0 spiro atoms. The Hall–Kier alpha value is -1.00. The topological polar surface area (TPSA) is 61.0 Å². The van der Waals surface area contributed by atoms with Gasteiger partial charge in [0.1, 0.15) is 6.10 Å². The second-order valence-electron chi connectivity index (χ2n) is 3.77. The van der Waals surface area contributed by atoms with Crippen LogP contribution in [0.3, 0.4) is 0 Å². The Balaban J connectivity index is 2.81. The normalized spacial score (nSPS) is 13.1. The zero-order chi connectivity index (χ0) is 11.3. The molecule has 1 rings (SSSR count). The number of hydrogen-bond donors (Lipinski definition) is 1. The highest BCUT2D eigenvalue weighted by atomic mass is 16.5. The molecule has 1 atom stereocenters. The van der Waals surface area contributed by atoms with Crippen molar-refractivity contribution in [1.82, 2.24) is 9.97 Å². The molecule has 0 fully saturated rings. The number of nitrogens with zero attached hydrogens (tertiary/aromatic N) is 2. The van der Waals surface area contributed by atoms with Crippen LogP contribution in [0.4, 0.5) is 0 Å². The first-order valence-corrected chi connectivity index (χ1v) is 5.31. The molecule has 0 aromatic carbocycles. The average molecular weight is 209 g/mol. The fourth-order valence-corrected chi connectivity index (χ4v) is 1.36. The summed E-state index contributed by atoms with van der Waals surface area (Å²) in [7, 11) is 0. The van der Waals surface area contributed by atoms with Crippen LogP contribution in [0, 0.1) is 5.92 Å². The number of hydrogen-bond acceptors (Lipinski definition) is 4. The van der Waals surface area contributed by atoms with Crippen molar-refractivity contribution in [1.29, 1.82) is 0 Å². The van der Waals surface area contributed by atoms with E-state index in [9.17, 15) is 0 Å². The van der Waals surface area contributed by atoms with Crippen molar-refractivity contribution in [3.8, 4) is 0 Å². The van der Waals surface area contributed by atoms with Crippen molar-refractivity contribution in [3.05, 3.63) is 23.8 Å². The monoisotopic (exact) mass is 209 g/mol. The minimum Gasteiger partial charge on any atom is -0.370 e. The van der Waals surface area contributed by atoms with Gasteiger partial charge in [-0.15, -0.1) is 0 Å². The van der Waals surface area contributed by atoms with Gasteiger partial charge in [0.2, 0.25) is 0 Å². The summed E-state index contributed by atoms with van der Waals surface area (Å²) in [6, 6.07) is 0. The van der Waals surface area contributed by atoms with Crippen molar-refractivity contribution in [3.63, 3.8) is 0 Å². The first-order valence-electron chi connectivity index (χ1n) is 5.31. The van der Waals surface area contributed by atoms with Gasteiger partial charge >= 0.3 is 0 Å². The predicted molar refractivity (Wildman–Crippen MR) is 59.1 cm³/mol. The van der Waals surface area contributed by atoms with Crippen LogP contribution in [0.2, 0.25) is 0 Å². The van der Waals surface area contributed by atoms with Crippen molar-refractivity contribution in [2.45, 2.75) is 33.4 Å². The molecule has 84 valence electrons. The highest BCUT2D eigenvalue weighted by Crippen LogP contribution is 2.22. The van der Waals surface area contributed by atoms with Crippen molar-refractivity contribution in [2.24, 2.45) is 11.7 Å². The van der Waals surface area contributed by atoms with E-state index in [1.165, 1.54) is 0 Å². The van der Waals surface area contributed by atoms with Crippen LogP contribution in [-0.2, 0) is 11.3 Å². The molecule has 0 saturated carbocycles. The van der Waals surface area contributed by atoms with Gasteiger partial charge in [-0.2, -0.15) is 0 Å². The fraction of sp³-hybridized carbons (Fsp3) is 0.636. The third-order valence-electron chi connectivity index (χ3n) is 2.17. The first-order chi connectivity index (χ1) is 7.19. The van der Waals surface area contributed by atoms with E-state index in [1.807, 2.05) is 6.92 Å². The van der Waals surface area contributed by atoms with Crippen LogP contribution in [0.25, 0.3) is 0 Å². The molecule has 2 N–H and O–H groups in total. The summed E-state index contributed by atoms with van der Waals surface area (Å²) in [6.07, 6.45) is 3.50. The molecule has 0 saturated heterocycles. The van der Waals surface area contributed by atoms with Gasteiger partial charge in [0.25, 0.3) is 0 Å². The lowest BCUT2D eigenvalue weighted by molar-refractivity contribution is 0.0231. The summed E-state index contributed by atoms with van der Waals surface area (Å²) in [5, 5.41) is 0. The maximum atomic E-state index is 5.61. The zero-order valence-corrected chi connectivity index (χ0v) is 9.60. The lowest BCUT2D eigenvalue weighted by atomic mass is 10.1. The highest BCUT2D eigenvalue weighted by molar-refractivity contribution is 5.06. The van der Waals surface area contributed by atoms with E-state index in [0.717, 1.165) is 11.4 Å². The Kier molecular flexibility index (Phi) is 4.65. The SMILES string of the molecule is CCOC(c1ncc(CN)cn1)C(C)C. The molecule has 1 heterocycles. The smallest absolute Gasteiger partial charge is 0.157 e. The Morgan fingerprint density at radius 1 is 1.33 bits per heavy atom. The van der Waals surface area contributed by atoms with E-state index in [-0.39, 0.29) is 6.10 Å². The van der Waals surface area contributed by atoms with Gasteiger partial charge in [-0.25, -0.2) is 9.97 Å². The number of ether oxygens (including phenoxy) is 1. The van der Waals surface area contributed by atoms with Crippen LogP contribution in [0.1, 0.15) is 38.3 Å². The minimum atomic E-state index is -0.0261. The summed E-state index contributed by atoms with van der Waals surface area (Å²) < 4.78 is 5.61. The number of aromatic nitrogens is 2. The van der Waals surface area contributed by atoms with E-state index >= 15 is 0 Å². The van der Waals surface area contributed by atoms with Crippen LogP contribution in [0.5, 0.6) is 0 Å². The molecule has 0 amide bonds. The van der Waals surface area contributed by atoms with Crippen LogP contribution < -0.4 is 5.73 Å². The molecular formula is C11H19N3O. The summed E-state index contributed by atoms with van der Waals surface area (Å²) in [4.78, 5) is 8.55. The van der Waals surface area contributed by atoms with E-state index in [0.29, 0.717) is 19.1 Å². The van der Waals surface area contributed by atoms with E-state index in [1.54, 1.807) is 12.4 Å². The molecular weight excluding hydrogens is 190 g/mol. The zero-order valence-electron chi connectivity index (χ0n) is 9.60. The number of rotatable bonds is 5. The van der Waals surface area contributed by atoms with E-state index in [2.05, 4.69) is 23.8 Å². The third kappa shape index (κ3) is 3.25. The third-order valence-corrected chi connectivity index (χ3v) is 2.17. The number of nitrogens with two attached hydrogens (primary N) is 1. The lowest BCUT2D eigenvalue weighted by Gasteiger charge is -2.19. The molecule has 0 aliphatic rings. The Morgan fingerprint density at radius 2 is 1.93 bits per heavy atom. The molecule has 0 radical (unpaired) electrons. The fourth-order valence-electron chi connectivity index (χ4n) is 1.36. The second kappa shape index (κ2) is 5.78. The van der Waals surface area contributed by atoms with Crippen molar-refractivity contribution >= 4 is 0 Å². The highest BCUT2D eigenvalue weighted by Gasteiger charge is 2.18. The van der Waals surface area contributed by atoms with Crippen LogP contribution >= 0.6 is 0 Å². The average Bonchev–Trinajstić information content (AvgIpc) is 2.26. The summed E-state index contributed by atoms with van der Waals surface area (Å²) in [5.41, 5.74) is 6.43. The van der Waals surface area contributed by atoms with Gasteiger partial charge < -0.3 is 10.5 Å². The summed E-state index contributed by atoms with van der Waals surface area (Å²) >= 11 is 0. The molecule has 1 unspecified atom stereocenters. The van der Waals surface area contributed by atoms with Gasteiger partial charge in [-0.3, -0.25) is 0 Å². The van der Waals surface area contributed by atoms with Crippen LogP contribution in [0.15, 0.2) is 12.4 Å². The Morgan fingerprint density at radius 3 is 2.33 bits per heavy atom. The quantitative estimate of drug-likeness (QED) is 0.801. The van der Waals surface area contributed by atoms with Crippen LogP contribution in [-0.4, -0.2) is 16.6 Å². The maximum absolute atomic E-state index is 5.61. The van der Waals surface area contributed by atoms with Gasteiger partial charge in [0.05, 0.1) is 0 Å². The predicted octanol–water partition coefficient (Wildman–Crippen LogP) is 1.67. The molecule has 1 aromatic heterocycles. The Labute approximate surface area is 90.9 Å². The van der Waals surface area contributed by atoms with E-state index < -0.39 is 0 Å². The largest absolute Gasteiger partial charge is 0.370 e. The molecule has 0 bridgehead atoms. The molecule has 0 aliphatic carbocycles. The molecule has 15 heavy (non-hydrogen) atoms. The van der Waals surface area contributed by atoms with Gasteiger partial charge in [-0.1, -0.05) is 13.8 Å². The Bertz CT molecular complexity index is 284. The second-order valence-corrected chi connectivity index (χ2v) is 3.77. The van der Waals surface area contributed by atoms with Gasteiger partial charge in [0, 0.05) is 31.1 Å². The lowest BCUT2D eigenvalue weighted by Crippen LogP contribution is -2.15. The van der Waals surface area contributed by atoms with Gasteiger partial charge in [0.15, 0.2) is 5.82 Å². The molecule has 1 aromatic rings.